The summed E-state index contributed by atoms with van der Waals surface area (Å²) in [5.74, 6) is -0.781. The van der Waals surface area contributed by atoms with Gasteiger partial charge in [-0.2, -0.15) is 0 Å². The highest BCUT2D eigenvalue weighted by Crippen LogP contribution is 2.30. The van der Waals surface area contributed by atoms with E-state index >= 15 is 0 Å². The van der Waals surface area contributed by atoms with Crippen molar-refractivity contribution < 1.29 is 19.0 Å². The Labute approximate surface area is 176 Å². The van der Waals surface area contributed by atoms with Crippen LogP contribution in [-0.4, -0.2) is 17.7 Å². The molecular formula is C26H25FO3. The summed E-state index contributed by atoms with van der Waals surface area (Å²) >= 11 is 0. The molecule has 0 amide bonds. The van der Waals surface area contributed by atoms with E-state index in [0.29, 0.717) is 29.5 Å². The lowest BCUT2D eigenvalue weighted by Gasteiger charge is -2.14. The van der Waals surface area contributed by atoms with Gasteiger partial charge in [0, 0.05) is 17.7 Å². The van der Waals surface area contributed by atoms with Gasteiger partial charge in [-0.15, -0.1) is 0 Å². The Hall–Kier alpha value is -3.24. The maximum Gasteiger partial charge on any atom is 0.333 e. The van der Waals surface area contributed by atoms with Crippen molar-refractivity contribution in [3.63, 3.8) is 0 Å². The summed E-state index contributed by atoms with van der Waals surface area (Å²) < 4.78 is 20.3. The van der Waals surface area contributed by atoms with Gasteiger partial charge in [0.2, 0.25) is 0 Å². The first kappa shape index (κ1) is 21.5. The van der Waals surface area contributed by atoms with Gasteiger partial charge in [-0.1, -0.05) is 61.2 Å². The molecule has 0 fully saturated rings. The Morgan fingerprint density at radius 1 is 0.967 bits per heavy atom. The van der Waals surface area contributed by atoms with Crippen LogP contribution in [0.15, 0.2) is 78.9 Å². The van der Waals surface area contributed by atoms with Crippen molar-refractivity contribution in [2.45, 2.75) is 26.4 Å². The molecule has 0 heterocycles. The van der Waals surface area contributed by atoms with Crippen molar-refractivity contribution in [3.8, 4) is 22.3 Å². The Morgan fingerprint density at radius 2 is 1.70 bits per heavy atom. The normalized spacial score (nSPS) is 10.6. The zero-order valence-electron chi connectivity index (χ0n) is 17.0. The van der Waals surface area contributed by atoms with Crippen molar-refractivity contribution in [1.29, 1.82) is 0 Å². The Kier molecular flexibility index (Phi) is 7.15. The van der Waals surface area contributed by atoms with Crippen molar-refractivity contribution in [2.24, 2.45) is 0 Å². The average Bonchev–Trinajstić information content (AvgIpc) is 2.76. The van der Waals surface area contributed by atoms with Crippen LogP contribution in [-0.2, 0) is 22.6 Å². The minimum absolute atomic E-state index is 0.0717. The molecular weight excluding hydrogens is 379 g/mol. The van der Waals surface area contributed by atoms with Gasteiger partial charge in [-0.05, 0) is 59.7 Å². The lowest BCUT2D eigenvalue weighted by atomic mass is 9.95. The van der Waals surface area contributed by atoms with E-state index in [1.54, 1.807) is 13.0 Å². The van der Waals surface area contributed by atoms with Crippen molar-refractivity contribution in [2.75, 3.05) is 6.61 Å². The first-order valence-corrected chi connectivity index (χ1v) is 9.90. The highest BCUT2D eigenvalue weighted by atomic mass is 19.1. The number of esters is 1. The molecule has 3 aromatic rings. The summed E-state index contributed by atoms with van der Waals surface area (Å²) in [6.45, 7) is 5.33. The SMILES string of the molecule is C=C(C)C(=O)OCc1cc(-c2ccc(-c3ccccc3)cc2F)ccc1CCCO. The van der Waals surface area contributed by atoms with Crippen LogP contribution < -0.4 is 0 Å². The molecule has 30 heavy (non-hydrogen) atoms. The second kappa shape index (κ2) is 9.99. The molecule has 0 spiro atoms. The molecule has 3 rings (SSSR count). The van der Waals surface area contributed by atoms with Crippen LogP contribution in [0.4, 0.5) is 4.39 Å². The first-order chi connectivity index (χ1) is 14.5. The number of ether oxygens (including phenoxy) is 1. The summed E-state index contributed by atoms with van der Waals surface area (Å²) in [6, 6.07) is 20.5. The quantitative estimate of drug-likeness (QED) is 0.387. The smallest absolute Gasteiger partial charge is 0.333 e. The van der Waals surface area contributed by atoms with Gasteiger partial charge in [0.25, 0.3) is 0 Å². The van der Waals surface area contributed by atoms with E-state index in [-0.39, 0.29) is 19.0 Å². The van der Waals surface area contributed by atoms with Crippen LogP contribution in [0, 0.1) is 5.82 Å². The predicted octanol–water partition coefficient (Wildman–Crippen LogP) is 5.70. The summed E-state index contributed by atoms with van der Waals surface area (Å²) in [7, 11) is 0. The molecule has 0 aliphatic carbocycles. The number of rotatable bonds is 8. The third-order valence-electron chi connectivity index (χ3n) is 4.90. The summed E-state index contributed by atoms with van der Waals surface area (Å²) in [4.78, 5) is 11.8. The number of aryl methyl sites for hydroxylation is 1. The molecule has 0 bridgehead atoms. The van der Waals surface area contributed by atoms with Gasteiger partial charge >= 0.3 is 5.97 Å². The third kappa shape index (κ3) is 5.22. The second-order valence-electron chi connectivity index (χ2n) is 7.23. The molecule has 4 heteroatoms. The standard InChI is InChI=1S/C26H25FO3/c1-18(2)26(29)30-17-23-15-22(11-10-20(23)9-6-14-28)24-13-12-21(16-25(24)27)19-7-4-3-5-8-19/h3-5,7-8,10-13,15-16,28H,1,6,9,14,17H2,2H3. The van der Waals surface area contributed by atoms with E-state index in [2.05, 4.69) is 6.58 Å². The van der Waals surface area contributed by atoms with E-state index < -0.39 is 5.97 Å². The van der Waals surface area contributed by atoms with Gasteiger partial charge in [0.1, 0.15) is 12.4 Å². The van der Waals surface area contributed by atoms with Gasteiger partial charge < -0.3 is 9.84 Å². The highest BCUT2D eigenvalue weighted by molar-refractivity contribution is 5.87. The third-order valence-corrected chi connectivity index (χ3v) is 4.90. The predicted molar refractivity (Wildman–Crippen MR) is 117 cm³/mol. The summed E-state index contributed by atoms with van der Waals surface area (Å²) in [6.07, 6.45) is 1.24. The number of hydrogen-bond acceptors (Lipinski definition) is 3. The molecule has 3 aromatic carbocycles. The van der Waals surface area contributed by atoms with Crippen LogP contribution >= 0.6 is 0 Å². The molecule has 0 atom stereocenters. The number of halogens is 1. The molecule has 0 radical (unpaired) electrons. The Morgan fingerprint density at radius 3 is 2.37 bits per heavy atom. The number of aliphatic hydroxyl groups excluding tert-OH is 1. The first-order valence-electron chi connectivity index (χ1n) is 9.90. The zero-order chi connectivity index (χ0) is 21.5. The average molecular weight is 404 g/mol. The summed E-state index contributed by atoms with van der Waals surface area (Å²) in [5.41, 5.74) is 5.04. The molecule has 154 valence electrons. The lowest BCUT2D eigenvalue weighted by Crippen LogP contribution is -2.07. The van der Waals surface area contributed by atoms with Gasteiger partial charge in [-0.3, -0.25) is 0 Å². The topological polar surface area (TPSA) is 46.5 Å². The van der Waals surface area contributed by atoms with E-state index in [0.717, 1.165) is 22.3 Å². The van der Waals surface area contributed by atoms with Crippen molar-refractivity contribution >= 4 is 5.97 Å². The Balaban J connectivity index is 1.92. The van der Waals surface area contributed by atoms with E-state index in [9.17, 15) is 9.18 Å². The minimum atomic E-state index is -0.466. The molecule has 0 aliphatic rings. The molecule has 0 aromatic heterocycles. The zero-order valence-corrected chi connectivity index (χ0v) is 17.0. The maximum absolute atomic E-state index is 14.9. The van der Waals surface area contributed by atoms with Crippen LogP contribution in [0.2, 0.25) is 0 Å². The second-order valence-corrected chi connectivity index (χ2v) is 7.23. The molecule has 0 saturated heterocycles. The summed E-state index contributed by atoms with van der Waals surface area (Å²) in [5, 5.41) is 9.15. The van der Waals surface area contributed by atoms with Gasteiger partial charge in [0.05, 0.1) is 0 Å². The maximum atomic E-state index is 14.9. The van der Waals surface area contributed by atoms with Gasteiger partial charge in [0.15, 0.2) is 0 Å². The van der Waals surface area contributed by atoms with Crippen molar-refractivity contribution in [1.82, 2.24) is 0 Å². The number of hydrogen-bond donors (Lipinski definition) is 1. The number of aliphatic hydroxyl groups is 1. The fraction of sp³-hybridized carbons (Fsp3) is 0.192. The molecule has 0 aliphatic heterocycles. The number of carbonyl (C=O) groups is 1. The van der Waals surface area contributed by atoms with E-state index in [4.69, 9.17) is 9.84 Å². The largest absolute Gasteiger partial charge is 0.457 e. The fourth-order valence-electron chi connectivity index (χ4n) is 3.27. The van der Waals surface area contributed by atoms with Gasteiger partial charge in [-0.25, -0.2) is 9.18 Å². The van der Waals surface area contributed by atoms with Crippen LogP contribution in [0.5, 0.6) is 0 Å². The fourth-order valence-corrected chi connectivity index (χ4v) is 3.27. The van der Waals surface area contributed by atoms with E-state index in [1.165, 1.54) is 6.07 Å². The lowest BCUT2D eigenvalue weighted by molar-refractivity contribution is -0.140. The van der Waals surface area contributed by atoms with E-state index in [1.807, 2.05) is 54.6 Å². The molecule has 3 nitrogen and oxygen atoms in total. The van der Waals surface area contributed by atoms with Crippen LogP contribution in [0.25, 0.3) is 22.3 Å². The van der Waals surface area contributed by atoms with Crippen LogP contribution in [0.1, 0.15) is 24.5 Å². The molecule has 0 unspecified atom stereocenters. The number of carbonyl (C=O) groups excluding carboxylic acids is 1. The monoisotopic (exact) mass is 404 g/mol. The molecule has 1 N–H and O–H groups in total. The minimum Gasteiger partial charge on any atom is -0.457 e. The molecule has 0 saturated carbocycles. The van der Waals surface area contributed by atoms with Crippen molar-refractivity contribution in [3.05, 3.63) is 95.8 Å². The Bertz CT molecular complexity index is 1040. The van der Waals surface area contributed by atoms with Crippen LogP contribution in [0.3, 0.4) is 0 Å². The number of benzene rings is 3. The highest BCUT2D eigenvalue weighted by Gasteiger charge is 2.12.